The molecule has 6 heteroatoms. The van der Waals surface area contributed by atoms with Gasteiger partial charge >= 0.3 is 0 Å². The fourth-order valence-corrected chi connectivity index (χ4v) is 2.97. The van der Waals surface area contributed by atoms with Crippen molar-refractivity contribution >= 4 is 27.7 Å². The van der Waals surface area contributed by atoms with Crippen molar-refractivity contribution in [2.45, 2.75) is 31.7 Å². The van der Waals surface area contributed by atoms with Gasteiger partial charge in [0.15, 0.2) is 0 Å². The van der Waals surface area contributed by atoms with Crippen LogP contribution in [0.4, 0.5) is 0 Å². The summed E-state index contributed by atoms with van der Waals surface area (Å²) in [4.78, 5) is 30.2. The minimum absolute atomic E-state index is 0.126. The first-order valence-electron chi connectivity index (χ1n) is 7.35. The van der Waals surface area contributed by atoms with Gasteiger partial charge in [0.25, 0.3) is 5.91 Å². The number of carbonyl (C=O) groups excluding carboxylic acids is 2. The number of amides is 2. The number of hydrogen-bond donors (Lipinski definition) is 1. The van der Waals surface area contributed by atoms with Gasteiger partial charge < -0.3 is 10.2 Å². The highest BCUT2D eigenvalue weighted by molar-refractivity contribution is 9.10. The lowest BCUT2D eigenvalue weighted by Gasteiger charge is -2.32. The summed E-state index contributed by atoms with van der Waals surface area (Å²) in [5.41, 5.74) is 0.417. The van der Waals surface area contributed by atoms with E-state index in [1.54, 1.807) is 18.2 Å². The van der Waals surface area contributed by atoms with Gasteiger partial charge in [0.05, 0.1) is 0 Å². The Kier molecular flexibility index (Phi) is 4.24. The number of aromatic nitrogens is 1. The molecule has 0 aromatic carbocycles. The van der Waals surface area contributed by atoms with Gasteiger partial charge in [-0.15, -0.1) is 0 Å². The molecule has 0 unspecified atom stereocenters. The number of likely N-dealkylation sites (tertiary alicyclic amines) is 1. The predicted molar refractivity (Wildman–Crippen MR) is 81.7 cm³/mol. The first kappa shape index (κ1) is 14.5. The maximum Gasteiger partial charge on any atom is 0.270 e. The number of hydrogen-bond acceptors (Lipinski definition) is 3. The second-order valence-electron chi connectivity index (χ2n) is 5.69. The van der Waals surface area contributed by atoms with Gasteiger partial charge in [-0.3, -0.25) is 9.59 Å². The quantitative estimate of drug-likeness (QED) is 0.847. The third kappa shape index (κ3) is 3.61. The minimum atomic E-state index is -0.150. The molecule has 21 heavy (non-hydrogen) atoms. The third-order valence-electron chi connectivity index (χ3n) is 4.02. The van der Waals surface area contributed by atoms with Gasteiger partial charge in [-0.05, 0) is 53.7 Å². The van der Waals surface area contributed by atoms with Crippen LogP contribution in [0.2, 0.25) is 0 Å². The highest BCUT2D eigenvalue weighted by atomic mass is 79.9. The Labute approximate surface area is 132 Å². The summed E-state index contributed by atoms with van der Waals surface area (Å²) in [6.07, 6.45) is 3.73. The van der Waals surface area contributed by atoms with E-state index in [4.69, 9.17) is 0 Å². The molecule has 1 N–H and O–H groups in total. The van der Waals surface area contributed by atoms with Crippen molar-refractivity contribution in [3.05, 3.63) is 28.5 Å². The van der Waals surface area contributed by atoms with E-state index in [1.807, 2.05) is 4.90 Å². The molecule has 2 heterocycles. The number of piperidine rings is 1. The first-order valence-corrected chi connectivity index (χ1v) is 8.15. The molecule has 1 aromatic heterocycles. The molecule has 0 bridgehead atoms. The first-order chi connectivity index (χ1) is 10.1. The lowest BCUT2D eigenvalue weighted by atomic mass is 10.0. The number of carbonyl (C=O) groups is 2. The lowest BCUT2D eigenvalue weighted by molar-refractivity contribution is -0.133. The third-order valence-corrected chi connectivity index (χ3v) is 4.46. The zero-order chi connectivity index (χ0) is 14.8. The average molecular weight is 352 g/mol. The second-order valence-corrected chi connectivity index (χ2v) is 6.51. The van der Waals surface area contributed by atoms with Crippen LogP contribution in [0.3, 0.4) is 0 Å². The molecule has 0 atom stereocenters. The topological polar surface area (TPSA) is 62.3 Å². The fourth-order valence-electron chi connectivity index (χ4n) is 2.63. The van der Waals surface area contributed by atoms with Crippen molar-refractivity contribution in [3.63, 3.8) is 0 Å². The van der Waals surface area contributed by atoms with Crippen LogP contribution < -0.4 is 5.32 Å². The van der Waals surface area contributed by atoms with E-state index in [2.05, 4.69) is 26.2 Å². The molecule has 1 aromatic rings. The average Bonchev–Trinajstić information content (AvgIpc) is 3.32. The summed E-state index contributed by atoms with van der Waals surface area (Å²) in [6, 6.07) is 5.41. The Morgan fingerprint density at radius 1 is 1.19 bits per heavy atom. The maximum atomic E-state index is 12.1. The van der Waals surface area contributed by atoms with Gasteiger partial charge in [0.1, 0.15) is 10.3 Å². The van der Waals surface area contributed by atoms with E-state index in [-0.39, 0.29) is 17.9 Å². The van der Waals surface area contributed by atoms with Gasteiger partial charge in [0.2, 0.25) is 5.91 Å². The minimum Gasteiger partial charge on any atom is -0.348 e. The highest BCUT2D eigenvalue weighted by Gasteiger charge is 2.35. The molecule has 3 rings (SSSR count). The predicted octanol–water partition coefficient (Wildman–Crippen LogP) is 1.97. The molecule has 1 aliphatic carbocycles. The normalized spacial score (nSPS) is 19.4. The smallest absolute Gasteiger partial charge is 0.270 e. The molecule has 1 aliphatic heterocycles. The number of nitrogens with zero attached hydrogens (tertiary/aromatic N) is 2. The van der Waals surface area contributed by atoms with E-state index in [1.165, 1.54) is 0 Å². The van der Waals surface area contributed by atoms with Crippen molar-refractivity contribution < 1.29 is 9.59 Å². The van der Waals surface area contributed by atoms with Crippen LogP contribution in [-0.2, 0) is 4.79 Å². The lowest BCUT2D eigenvalue weighted by Crippen LogP contribution is -2.47. The number of pyridine rings is 1. The summed E-state index contributed by atoms with van der Waals surface area (Å²) in [5, 5.41) is 3.01. The highest BCUT2D eigenvalue weighted by Crippen LogP contribution is 2.31. The van der Waals surface area contributed by atoms with E-state index in [9.17, 15) is 9.59 Å². The van der Waals surface area contributed by atoms with Crippen LogP contribution >= 0.6 is 15.9 Å². The number of rotatable bonds is 3. The SMILES string of the molecule is O=C(NC1CCN(C(=O)C2CC2)CC1)c1cccc(Br)n1. The van der Waals surface area contributed by atoms with E-state index in [0.717, 1.165) is 38.8 Å². The van der Waals surface area contributed by atoms with Crippen LogP contribution in [-0.4, -0.2) is 40.8 Å². The molecule has 1 saturated carbocycles. The van der Waals surface area contributed by atoms with Gasteiger partial charge in [-0.25, -0.2) is 4.98 Å². The molecular weight excluding hydrogens is 334 g/mol. The Bertz CT molecular complexity index is 552. The van der Waals surface area contributed by atoms with E-state index < -0.39 is 0 Å². The molecule has 0 radical (unpaired) electrons. The fraction of sp³-hybridized carbons (Fsp3) is 0.533. The zero-order valence-corrected chi connectivity index (χ0v) is 13.3. The number of nitrogens with one attached hydrogen (secondary N) is 1. The van der Waals surface area contributed by atoms with Crippen LogP contribution in [0.1, 0.15) is 36.2 Å². The summed E-state index contributed by atoms with van der Waals surface area (Å²) in [7, 11) is 0. The zero-order valence-electron chi connectivity index (χ0n) is 11.7. The van der Waals surface area contributed by atoms with Crippen molar-refractivity contribution in [3.8, 4) is 0 Å². The summed E-state index contributed by atoms with van der Waals surface area (Å²) < 4.78 is 0.653. The van der Waals surface area contributed by atoms with Crippen molar-refractivity contribution in [2.24, 2.45) is 5.92 Å². The summed E-state index contributed by atoms with van der Waals surface area (Å²) >= 11 is 3.26. The standard InChI is InChI=1S/C15H18BrN3O2/c16-13-3-1-2-12(18-13)14(20)17-11-6-8-19(9-7-11)15(21)10-4-5-10/h1-3,10-11H,4-9H2,(H,17,20). The molecule has 112 valence electrons. The van der Waals surface area contributed by atoms with Crippen LogP contribution in [0.25, 0.3) is 0 Å². The van der Waals surface area contributed by atoms with Crippen molar-refractivity contribution in [1.29, 1.82) is 0 Å². The molecule has 2 amide bonds. The molecule has 1 saturated heterocycles. The summed E-state index contributed by atoms with van der Waals surface area (Å²) in [6.45, 7) is 1.48. The van der Waals surface area contributed by atoms with E-state index in [0.29, 0.717) is 16.2 Å². The molecular formula is C15H18BrN3O2. The molecule has 2 fully saturated rings. The van der Waals surface area contributed by atoms with Gasteiger partial charge in [-0.1, -0.05) is 6.07 Å². The maximum absolute atomic E-state index is 12.1. The monoisotopic (exact) mass is 351 g/mol. The van der Waals surface area contributed by atoms with Crippen LogP contribution in [0, 0.1) is 5.92 Å². The Hall–Kier alpha value is -1.43. The summed E-state index contributed by atoms with van der Waals surface area (Å²) in [5.74, 6) is 0.429. The Morgan fingerprint density at radius 2 is 1.90 bits per heavy atom. The van der Waals surface area contributed by atoms with Crippen LogP contribution in [0.5, 0.6) is 0 Å². The van der Waals surface area contributed by atoms with Crippen molar-refractivity contribution in [2.75, 3.05) is 13.1 Å². The van der Waals surface area contributed by atoms with Crippen molar-refractivity contribution in [1.82, 2.24) is 15.2 Å². The second kappa shape index (κ2) is 6.13. The van der Waals surface area contributed by atoms with Gasteiger partial charge in [0, 0.05) is 25.0 Å². The van der Waals surface area contributed by atoms with Gasteiger partial charge in [-0.2, -0.15) is 0 Å². The largest absolute Gasteiger partial charge is 0.348 e. The van der Waals surface area contributed by atoms with E-state index >= 15 is 0 Å². The Morgan fingerprint density at radius 3 is 2.52 bits per heavy atom. The molecule has 0 spiro atoms. The van der Waals surface area contributed by atoms with Crippen LogP contribution in [0.15, 0.2) is 22.8 Å². The Balaban J connectivity index is 1.50. The molecule has 5 nitrogen and oxygen atoms in total. The number of halogens is 1. The molecule has 2 aliphatic rings.